The number of fused-ring (bicyclic) bond motifs is 3. The summed E-state index contributed by atoms with van der Waals surface area (Å²) in [5.74, 6) is -0.0797. The first kappa shape index (κ1) is 15.0. The van der Waals surface area contributed by atoms with Crippen LogP contribution in [0, 0.1) is 13.8 Å². The third kappa shape index (κ3) is 2.02. The van der Waals surface area contributed by atoms with Crippen LogP contribution in [-0.4, -0.2) is 52.0 Å². The fourth-order valence-corrected chi connectivity index (χ4v) is 3.35. The van der Waals surface area contributed by atoms with E-state index in [2.05, 4.69) is 4.98 Å². The zero-order valence-corrected chi connectivity index (χ0v) is 13.7. The summed E-state index contributed by atoms with van der Waals surface area (Å²) in [6.07, 6.45) is 1.35. The van der Waals surface area contributed by atoms with E-state index in [0.29, 0.717) is 0 Å². The van der Waals surface area contributed by atoms with E-state index in [1.807, 2.05) is 49.5 Å². The molecule has 1 aliphatic rings. The van der Waals surface area contributed by atoms with Gasteiger partial charge < -0.3 is 14.4 Å². The van der Waals surface area contributed by atoms with Crippen molar-refractivity contribution in [2.45, 2.75) is 32.9 Å². The highest BCUT2D eigenvalue weighted by atomic mass is 16.3. The molecule has 0 unspecified atom stereocenters. The number of aryl methyl sites for hydroxylation is 2. The average molecular weight is 302 g/mol. The van der Waals surface area contributed by atoms with Crippen LogP contribution in [0.25, 0.3) is 5.65 Å². The number of hydrogen-bond donors (Lipinski definition) is 1. The lowest BCUT2D eigenvalue weighted by Gasteiger charge is -2.40. The maximum absolute atomic E-state index is 12.1. The molecule has 1 aliphatic heterocycles. The number of nitrogens with zero attached hydrogens (tertiary/aromatic N) is 4. The number of rotatable bonds is 1. The van der Waals surface area contributed by atoms with Crippen molar-refractivity contribution in [3.8, 4) is 0 Å². The number of aliphatic hydroxyl groups is 1. The van der Waals surface area contributed by atoms with Crippen molar-refractivity contribution in [2.75, 3.05) is 25.5 Å². The van der Waals surface area contributed by atoms with Crippen molar-refractivity contribution in [3.63, 3.8) is 0 Å². The van der Waals surface area contributed by atoms with Crippen LogP contribution >= 0.6 is 0 Å². The van der Waals surface area contributed by atoms with E-state index in [0.717, 1.165) is 28.3 Å². The molecular formula is C16H22N4O2. The van der Waals surface area contributed by atoms with E-state index in [-0.39, 0.29) is 18.5 Å². The number of imidazole rings is 1. The molecule has 6 nitrogen and oxygen atoms in total. The maximum Gasteiger partial charge on any atom is 0.224 e. The van der Waals surface area contributed by atoms with Gasteiger partial charge in [0, 0.05) is 24.4 Å². The summed E-state index contributed by atoms with van der Waals surface area (Å²) < 4.78 is 2.01. The second-order valence-electron chi connectivity index (χ2n) is 6.20. The molecule has 2 aromatic heterocycles. The highest BCUT2D eigenvalue weighted by Gasteiger charge is 2.37. The lowest BCUT2D eigenvalue weighted by molar-refractivity contribution is -0.117. The van der Waals surface area contributed by atoms with Gasteiger partial charge in [0.1, 0.15) is 0 Å². The van der Waals surface area contributed by atoms with Crippen LogP contribution in [-0.2, 0) is 4.79 Å². The Hall–Kier alpha value is -1.92. The zero-order chi connectivity index (χ0) is 16.2. The lowest BCUT2D eigenvalue weighted by atomic mass is 9.94. The Balaban J connectivity index is 2.34. The molecule has 6 heteroatoms. The molecule has 0 aromatic carbocycles. The molecule has 0 fully saturated rings. The molecule has 0 radical (unpaired) electrons. The first-order valence-electron chi connectivity index (χ1n) is 7.43. The molecule has 0 aliphatic carbocycles. The van der Waals surface area contributed by atoms with Gasteiger partial charge >= 0.3 is 0 Å². The normalized spacial score (nSPS) is 21.5. The standard InChI is InChI=1S/C16H22N4O2/c1-9-10(2)19-7-6-12-14(18(4)5)13(22)8-20(11(3)21)15(12)16(19)17-9/h6-7,13-14,22H,8H2,1-5H3/t13-,14+/m0/s1. The van der Waals surface area contributed by atoms with Crippen molar-refractivity contribution in [2.24, 2.45) is 0 Å². The van der Waals surface area contributed by atoms with Crippen LogP contribution in [0.5, 0.6) is 0 Å². The van der Waals surface area contributed by atoms with Crippen LogP contribution in [0.1, 0.15) is 29.9 Å². The molecule has 3 heterocycles. The Kier molecular flexibility index (Phi) is 3.45. The van der Waals surface area contributed by atoms with Gasteiger partial charge in [-0.15, -0.1) is 0 Å². The SMILES string of the molecule is CC(=O)N1C[C@H](O)[C@H](N(C)C)c2ccn3c(C)c(C)nc3c21. The Bertz CT molecular complexity index is 750. The Morgan fingerprint density at radius 3 is 2.68 bits per heavy atom. The number of aliphatic hydroxyl groups excluding tert-OH is 1. The van der Waals surface area contributed by atoms with Crippen LogP contribution < -0.4 is 4.90 Å². The fraction of sp³-hybridized carbons (Fsp3) is 0.500. The molecule has 22 heavy (non-hydrogen) atoms. The molecule has 0 saturated carbocycles. The predicted molar refractivity (Wildman–Crippen MR) is 85.1 cm³/mol. The minimum atomic E-state index is -0.619. The van der Waals surface area contributed by atoms with Gasteiger partial charge in [0.15, 0.2) is 5.65 Å². The summed E-state index contributed by atoms with van der Waals surface area (Å²) in [4.78, 5) is 20.4. The molecule has 1 N–H and O–H groups in total. The Morgan fingerprint density at radius 1 is 1.41 bits per heavy atom. The molecule has 3 rings (SSSR count). The third-order valence-corrected chi connectivity index (χ3v) is 4.53. The minimum absolute atomic E-state index is 0.0797. The maximum atomic E-state index is 12.1. The zero-order valence-electron chi connectivity index (χ0n) is 13.7. The molecule has 0 bridgehead atoms. The first-order chi connectivity index (χ1) is 10.3. The molecule has 0 saturated heterocycles. The van der Waals surface area contributed by atoms with Crippen molar-refractivity contribution in [3.05, 3.63) is 29.2 Å². The Morgan fingerprint density at radius 2 is 2.09 bits per heavy atom. The summed E-state index contributed by atoms with van der Waals surface area (Å²) in [7, 11) is 3.88. The second-order valence-corrected chi connectivity index (χ2v) is 6.20. The van der Waals surface area contributed by atoms with Crippen molar-refractivity contribution in [1.29, 1.82) is 0 Å². The molecule has 0 spiro atoms. The number of β-amino-alcohol motifs (C(OH)–C–C–N with tert-alkyl or cyclic N) is 1. The van der Waals surface area contributed by atoms with E-state index in [9.17, 15) is 9.90 Å². The van der Waals surface area contributed by atoms with Crippen molar-refractivity contribution < 1.29 is 9.90 Å². The predicted octanol–water partition coefficient (Wildman–Crippen LogP) is 1.28. The number of carbonyl (C=O) groups excluding carboxylic acids is 1. The summed E-state index contributed by atoms with van der Waals surface area (Å²) in [5.41, 5.74) is 4.55. The van der Waals surface area contributed by atoms with E-state index in [1.165, 1.54) is 6.92 Å². The Labute approximate surface area is 130 Å². The van der Waals surface area contributed by atoms with E-state index >= 15 is 0 Å². The quantitative estimate of drug-likeness (QED) is 0.862. The van der Waals surface area contributed by atoms with Gasteiger partial charge in [-0.25, -0.2) is 4.98 Å². The third-order valence-electron chi connectivity index (χ3n) is 4.53. The van der Waals surface area contributed by atoms with Crippen LogP contribution in [0.4, 0.5) is 5.69 Å². The molecule has 2 atom stereocenters. The number of hydrogen-bond acceptors (Lipinski definition) is 4. The molecule has 2 aromatic rings. The number of likely N-dealkylation sites (N-methyl/N-ethyl adjacent to an activating group) is 1. The number of amides is 1. The largest absolute Gasteiger partial charge is 0.389 e. The van der Waals surface area contributed by atoms with Gasteiger partial charge in [-0.1, -0.05) is 0 Å². The van der Waals surface area contributed by atoms with Gasteiger partial charge in [-0.2, -0.15) is 0 Å². The number of carbonyl (C=O) groups is 1. The van der Waals surface area contributed by atoms with Gasteiger partial charge in [0.25, 0.3) is 0 Å². The lowest BCUT2D eigenvalue weighted by Crippen LogP contribution is -2.47. The van der Waals surface area contributed by atoms with Gasteiger partial charge in [-0.3, -0.25) is 9.69 Å². The minimum Gasteiger partial charge on any atom is -0.389 e. The fourth-order valence-electron chi connectivity index (χ4n) is 3.35. The highest BCUT2D eigenvalue weighted by molar-refractivity contribution is 5.97. The molecule has 1 amide bonds. The van der Waals surface area contributed by atoms with Crippen LogP contribution in [0.15, 0.2) is 12.3 Å². The van der Waals surface area contributed by atoms with E-state index < -0.39 is 6.10 Å². The van der Waals surface area contributed by atoms with E-state index in [1.54, 1.807) is 4.90 Å². The van der Waals surface area contributed by atoms with Gasteiger partial charge in [0.2, 0.25) is 5.91 Å². The van der Waals surface area contributed by atoms with Crippen LogP contribution in [0.3, 0.4) is 0 Å². The summed E-state index contributed by atoms with van der Waals surface area (Å²) in [6.45, 7) is 5.79. The van der Waals surface area contributed by atoms with Gasteiger partial charge in [0.05, 0.1) is 30.1 Å². The second kappa shape index (κ2) is 5.07. The monoisotopic (exact) mass is 302 g/mol. The summed E-state index contributed by atoms with van der Waals surface area (Å²) >= 11 is 0. The number of anilines is 1. The van der Waals surface area contributed by atoms with Crippen LogP contribution in [0.2, 0.25) is 0 Å². The summed E-state index contributed by atoms with van der Waals surface area (Å²) in [5, 5.41) is 10.5. The summed E-state index contributed by atoms with van der Waals surface area (Å²) in [6, 6.07) is 1.84. The average Bonchev–Trinajstić information content (AvgIpc) is 2.72. The number of pyridine rings is 1. The van der Waals surface area contributed by atoms with E-state index in [4.69, 9.17) is 0 Å². The topological polar surface area (TPSA) is 61.1 Å². The first-order valence-corrected chi connectivity index (χ1v) is 7.43. The molecule has 118 valence electrons. The van der Waals surface area contributed by atoms with Crippen molar-refractivity contribution in [1.82, 2.24) is 14.3 Å². The molecular weight excluding hydrogens is 280 g/mol. The smallest absolute Gasteiger partial charge is 0.224 e. The highest BCUT2D eigenvalue weighted by Crippen LogP contribution is 2.39. The van der Waals surface area contributed by atoms with Crippen molar-refractivity contribution >= 4 is 17.2 Å². The number of aromatic nitrogens is 2. The van der Waals surface area contributed by atoms with Gasteiger partial charge in [-0.05, 0) is 34.0 Å².